The van der Waals surface area contributed by atoms with Crippen LogP contribution in [0, 0.1) is 23.0 Å². The van der Waals surface area contributed by atoms with Crippen LogP contribution in [0.15, 0.2) is 42.6 Å². The zero-order valence-electron chi connectivity index (χ0n) is 21.8. The fraction of sp³-hybridized carbons (Fsp3) is 0.321. The molecule has 0 atom stereocenters. The largest absolute Gasteiger partial charge is 0.417 e. The summed E-state index contributed by atoms with van der Waals surface area (Å²) < 4.78 is 72.0. The second-order valence-corrected chi connectivity index (χ2v) is 9.79. The van der Waals surface area contributed by atoms with Crippen LogP contribution in [0.2, 0.25) is 0 Å². The fourth-order valence-corrected chi connectivity index (χ4v) is 4.97. The number of nitrogens with one attached hydrogen (secondary N) is 2. The van der Waals surface area contributed by atoms with Gasteiger partial charge in [0.1, 0.15) is 11.5 Å². The molecule has 214 valence electrons. The third-order valence-electron chi connectivity index (χ3n) is 7.09. The van der Waals surface area contributed by atoms with E-state index in [-0.39, 0.29) is 52.6 Å². The first-order valence-corrected chi connectivity index (χ1v) is 12.9. The normalized spacial score (nSPS) is 18.2. The van der Waals surface area contributed by atoms with Gasteiger partial charge in [-0.05, 0) is 50.1 Å². The lowest BCUT2D eigenvalue weighted by Crippen LogP contribution is -2.45. The minimum absolute atomic E-state index is 0.0265. The van der Waals surface area contributed by atoms with Crippen molar-refractivity contribution in [3.8, 4) is 17.2 Å². The van der Waals surface area contributed by atoms with Gasteiger partial charge < -0.3 is 15.7 Å². The van der Waals surface area contributed by atoms with Crippen LogP contribution < -0.4 is 20.4 Å². The quantitative estimate of drug-likeness (QED) is 0.254. The highest BCUT2D eigenvalue weighted by molar-refractivity contribution is 6.15. The zero-order valence-corrected chi connectivity index (χ0v) is 21.8. The number of anilines is 4. The topological polar surface area (TPSA) is 105 Å². The molecule has 1 aliphatic heterocycles. The number of halogens is 5. The Kier molecular flexibility index (Phi) is 7.54. The van der Waals surface area contributed by atoms with E-state index in [4.69, 9.17) is 0 Å². The number of nitrogens with zero attached hydrogens (tertiary/aromatic N) is 4. The monoisotopic (exact) mass is 572 g/mol. The molecule has 0 radical (unpaired) electrons. The smallest absolute Gasteiger partial charge is 0.393 e. The van der Waals surface area contributed by atoms with Crippen LogP contribution in [0.1, 0.15) is 30.9 Å². The molecule has 0 saturated heterocycles. The van der Waals surface area contributed by atoms with Crippen LogP contribution in [-0.2, 0) is 6.18 Å². The molecule has 41 heavy (non-hydrogen) atoms. The molecule has 3 aromatic rings. The summed E-state index contributed by atoms with van der Waals surface area (Å²) in [5.74, 6) is -2.32. The number of alkyl halides is 3. The van der Waals surface area contributed by atoms with E-state index < -0.39 is 35.1 Å². The molecule has 0 unspecified atom stereocenters. The average molecular weight is 573 g/mol. The molecule has 8 nitrogen and oxygen atoms in total. The minimum Gasteiger partial charge on any atom is -0.393 e. The number of hydrogen-bond acceptors (Lipinski definition) is 6. The maximum absolute atomic E-state index is 15.6. The van der Waals surface area contributed by atoms with Crippen molar-refractivity contribution in [2.45, 2.75) is 38.1 Å². The predicted molar refractivity (Wildman–Crippen MR) is 142 cm³/mol. The first kappa shape index (κ1) is 28.3. The van der Waals surface area contributed by atoms with E-state index in [1.807, 2.05) is 6.07 Å². The summed E-state index contributed by atoms with van der Waals surface area (Å²) in [6, 6.07) is 7.83. The summed E-state index contributed by atoms with van der Waals surface area (Å²) in [7, 11) is 0. The number of carbonyl (C=O) groups excluding carboxylic acids is 1. The summed E-state index contributed by atoms with van der Waals surface area (Å²) in [6.07, 6.45) is -3.17. The molecule has 1 aliphatic carbocycles. The van der Waals surface area contributed by atoms with E-state index in [1.165, 1.54) is 18.2 Å². The summed E-state index contributed by atoms with van der Waals surface area (Å²) in [5, 5.41) is 25.0. The number of hydrogen-bond donors (Lipinski definition) is 3. The first-order valence-electron chi connectivity index (χ1n) is 12.9. The summed E-state index contributed by atoms with van der Waals surface area (Å²) in [5.41, 5.74) is -1.89. The van der Waals surface area contributed by atoms with Gasteiger partial charge in [-0.2, -0.15) is 18.4 Å². The number of aliphatic hydroxyl groups is 1. The van der Waals surface area contributed by atoms with Gasteiger partial charge in [0.05, 0.1) is 29.0 Å². The van der Waals surface area contributed by atoms with Gasteiger partial charge in [-0.3, -0.25) is 9.80 Å². The van der Waals surface area contributed by atoms with Crippen molar-refractivity contribution in [1.82, 2.24) is 10.3 Å². The molecule has 5 rings (SSSR count). The molecule has 1 fully saturated rings. The maximum Gasteiger partial charge on any atom is 0.417 e. The van der Waals surface area contributed by atoms with Crippen LogP contribution in [-0.4, -0.2) is 47.9 Å². The minimum atomic E-state index is -4.74. The highest BCUT2D eigenvalue weighted by atomic mass is 19.4. The van der Waals surface area contributed by atoms with Crippen molar-refractivity contribution in [1.29, 1.82) is 5.26 Å². The standard InChI is InChI=1S/C28H25F5N6O2/c1-2-38-26-21(8-16(14-37-26)28(31,32)33)20-4-3-15(13-34)7-24(20)39(27(38)41)25-22(29)11-18(12-23(25)30)36-6-5-35-17-9-19(40)10-17/h3-4,7-8,11-12,14,17,19,35-36,40H,2,5-6,9-10H2,1H3. The van der Waals surface area contributed by atoms with E-state index in [9.17, 15) is 28.3 Å². The number of aliphatic hydroxyl groups excluding tert-OH is 1. The average Bonchev–Trinajstić information content (AvgIpc) is 3.00. The van der Waals surface area contributed by atoms with Gasteiger partial charge in [0.2, 0.25) is 0 Å². The molecule has 0 bridgehead atoms. The lowest BCUT2D eigenvalue weighted by atomic mass is 9.90. The summed E-state index contributed by atoms with van der Waals surface area (Å²) in [4.78, 5) is 19.5. The Balaban J connectivity index is 1.56. The van der Waals surface area contributed by atoms with Crippen molar-refractivity contribution in [2.75, 3.05) is 34.8 Å². The van der Waals surface area contributed by atoms with Gasteiger partial charge in [-0.25, -0.2) is 18.6 Å². The molecule has 13 heteroatoms. The van der Waals surface area contributed by atoms with Gasteiger partial charge >= 0.3 is 12.2 Å². The van der Waals surface area contributed by atoms with Gasteiger partial charge in [0, 0.05) is 48.7 Å². The number of benzene rings is 2. The number of carbonyl (C=O) groups is 1. The molecule has 3 N–H and O–H groups in total. The number of nitriles is 1. The molecule has 2 heterocycles. The maximum atomic E-state index is 15.6. The van der Waals surface area contributed by atoms with E-state index >= 15 is 8.78 Å². The Morgan fingerprint density at radius 2 is 1.80 bits per heavy atom. The Morgan fingerprint density at radius 1 is 1.10 bits per heavy atom. The highest BCUT2D eigenvalue weighted by Crippen LogP contribution is 2.46. The Morgan fingerprint density at radius 3 is 2.41 bits per heavy atom. The second kappa shape index (κ2) is 10.9. The van der Waals surface area contributed by atoms with Crippen LogP contribution in [0.3, 0.4) is 0 Å². The van der Waals surface area contributed by atoms with Crippen LogP contribution in [0.25, 0.3) is 11.1 Å². The Labute approximate surface area is 232 Å². The molecule has 2 amide bonds. The van der Waals surface area contributed by atoms with E-state index in [1.54, 1.807) is 6.92 Å². The second-order valence-electron chi connectivity index (χ2n) is 9.79. The van der Waals surface area contributed by atoms with E-state index in [0.29, 0.717) is 32.1 Å². The summed E-state index contributed by atoms with van der Waals surface area (Å²) >= 11 is 0. The molecule has 1 aromatic heterocycles. The van der Waals surface area contributed by atoms with Gasteiger partial charge in [0.25, 0.3) is 0 Å². The van der Waals surface area contributed by atoms with E-state index in [2.05, 4.69) is 15.6 Å². The number of aromatic nitrogens is 1. The molecule has 1 saturated carbocycles. The van der Waals surface area contributed by atoms with E-state index in [0.717, 1.165) is 28.0 Å². The Hall–Kier alpha value is -4.28. The molecular weight excluding hydrogens is 547 g/mol. The van der Waals surface area contributed by atoms with Crippen molar-refractivity contribution in [3.05, 3.63) is 65.4 Å². The van der Waals surface area contributed by atoms with Crippen LogP contribution >= 0.6 is 0 Å². The fourth-order valence-electron chi connectivity index (χ4n) is 4.97. The van der Waals surface area contributed by atoms with Crippen molar-refractivity contribution < 1.29 is 31.9 Å². The SMILES string of the molecule is CCN1C(=O)N(c2c(F)cc(NCCNC3CC(O)C3)cc2F)c2cc(C#N)ccc2-c2cc(C(F)(F)F)cnc21. The molecule has 0 spiro atoms. The third-order valence-corrected chi connectivity index (χ3v) is 7.09. The lowest BCUT2D eigenvalue weighted by molar-refractivity contribution is -0.137. The number of rotatable bonds is 7. The Bertz CT molecular complexity index is 1510. The predicted octanol–water partition coefficient (Wildman–Crippen LogP) is 5.54. The van der Waals surface area contributed by atoms with Crippen molar-refractivity contribution >= 4 is 28.9 Å². The van der Waals surface area contributed by atoms with Crippen LogP contribution in [0.5, 0.6) is 0 Å². The van der Waals surface area contributed by atoms with Crippen LogP contribution in [0.4, 0.5) is 49.6 Å². The van der Waals surface area contributed by atoms with Gasteiger partial charge in [-0.15, -0.1) is 0 Å². The van der Waals surface area contributed by atoms with Crippen molar-refractivity contribution in [3.63, 3.8) is 0 Å². The number of amides is 2. The number of pyridine rings is 1. The summed E-state index contributed by atoms with van der Waals surface area (Å²) in [6.45, 7) is 2.28. The molecule has 2 aliphatic rings. The van der Waals surface area contributed by atoms with Gasteiger partial charge in [-0.1, -0.05) is 6.07 Å². The van der Waals surface area contributed by atoms with Gasteiger partial charge in [0.15, 0.2) is 11.6 Å². The zero-order chi connectivity index (χ0) is 29.5. The number of fused-ring (bicyclic) bond motifs is 3. The molecular formula is C28H25F5N6O2. The van der Waals surface area contributed by atoms with Crippen molar-refractivity contribution in [2.24, 2.45) is 0 Å². The first-order chi connectivity index (χ1) is 19.5. The number of urea groups is 1. The third kappa shape index (κ3) is 5.40. The molecule has 2 aromatic carbocycles. The highest BCUT2D eigenvalue weighted by Gasteiger charge is 2.38. The lowest BCUT2D eigenvalue weighted by Gasteiger charge is -2.32.